The highest BCUT2D eigenvalue weighted by Crippen LogP contribution is 2.45. The first-order valence-electron chi connectivity index (χ1n) is 4.36. The van der Waals surface area contributed by atoms with Crippen molar-refractivity contribution in [3.8, 4) is 0 Å². The fourth-order valence-corrected chi connectivity index (χ4v) is 1.39. The van der Waals surface area contributed by atoms with Crippen molar-refractivity contribution in [2.24, 2.45) is 5.92 Å². The summed E-state index contributed by atoms with van der Waals surface area (Å²) in [7, 11) is 0. The normalized spacial score (nSPS) is 25.9. The minimum Gasteiger partial charge on any atom is -0.481 e. The van der Waals surface area contributed by atoms with Crippen LogP contribution in [0.15, 0.2) is 0 Å². The molecule has 5 heteroatoms. The highest BCUT2D eigenvalue weighted by molar-refractivity contribution is 5.74. The molecule has 2 N–H and O–H groups in total. The summed E-state index contributed by atoms with van der Waals surface area (Å²) in [6, 6.07) is 0. The van der Waals surface area contributed by atoms with Crippen molar-refractivity contribution < 1.29 is 9.90 Å². The Morgan fingerprint density at radius 3 is 3.00 bits per heavy atom. The molecule has 0 amide bonds. The van der Waals surface area contributed by atoms with Gasteiger partial charge in [-0.2, -0.15) is 5.10 Å². The van der Waals surface area contributed by atoms with E-state index in [-0.39, 0.29) is 11.8 Å². The molecule has 2 rings (SSSR count). The maximum atomic E-state index is 10.6. The molecule has 70 valence electrons. The molecular weight excluding hydrogens is 170 g/mol. The Morgan fingerprint density at radius 2 is 2.54 bits per heavy atom. The van der Waals surface area contributed by atoms with Crippen LogP contribution in [0.2, 0.25) is 0 Å². The highest BCUT2D eigenvalue weighted by atomic mass is 16.4. The Kier molecular flexibility index (Phi) is 1.79. The van der Waals surface area contributed by atoms with Crippen molar-refractivity contribution in [1.82, 2.24) is 15.2 Å². The minimum absolute atomic E-state index is 0.0362. The fourth-order valence-electron chi connectivity index (χ4n) is 1.39. The number of rotatable bonds is 3. The second-order valence-corrected chi connectivity index (χ2v) is 3.28. The topological polar surface area (TPSA) is 78.9 Å². The van der Waals surface area contributed by atoms with Crippen LogP contribution < -0.4 is 0 Å². The number of nitrogens with one attached hydrogen (secondary N) is 1. The van der Waals surface area contributed by atoms with Gasteiger partial charge in [-0.05, 0) is 6.42 Å². The average Bonchev–Trinajstić information content (AvgIpc) is 2.78. The number of carboxylic acid groups (broad SMARTS) is 1. The minimum atomic E-state index is -0.743. The molecule has 1 fully saturated rings. The average molecular weight is 181 g/mol. The quantitative estimate of drug-likeness (QED) is 0.713. The summed E-state index contributed by atoms with van der Waals surface area (Å²) in [6.45, 7) is 1.98. The number of hydrogen-bond donors (Lipinski definition) is 2. The molecule has 1 aromatic heterocycles. The lowest BCUT2D eigenvalue weighted by atomic mass is 10.3. The van der Waals surface area contributed by atoms with Crippen LogP contribution in [0.3, 0.4) is 0 Å². The van der Waals surface area contributed by atoms with Crippen LogP contribution in [0.5, 0.6) is 0 Å². The fraction of sp³-hybridized carbons (Fsp3) is 0.625. The highest BCUT2D eigenvalue weighted by Gasteiger charge is 2.46. The van der Waals surface area contributed by atoms with Crippen molar-refractivity contribution in [3.63, 3.8) is 0 Å². The van der Waals surface area contributed by atoms with E-state index in [1.54, 1.807) is 0 Å². The summed E-state index contributed by atoms with van der Waals surface area (Å²) < 4.78 is 0. The maximum absolute atomic E-state index is 10.6. The van der Waals surface area contributed by atoms with Gasteiger partial charge >= 0.3 is 5.97 Å². The second kappa shape index (κ2) is 2.83. The summed E-state index contributed by atoms with van der Waals surface area (Å²) in [5.41, 5.74) is 0. The number of aromatic amines is 1. The third kappa shape index (κ3) is 1.41. The lowest BCUT2D eigenvalue weighted by Gasteiger charge is -1.87. The van der Waals surface area contributed by atoms with Gasteiger partial charge in [0.1, 0.15) is 5.82 Å². The molecule has 2 unspecified atom stereocenters. The number of aromatic nitrogens is 3. The van der Waals surface area contributed by atoms with Crippen LogP contribution in [0.25, 0.3) is 0 Å². The largest absolute Gasteiger partial charge is 0.481 e. The number of carbonyl (C=O) groups is 1. The number of H-pyrrole nitrogens is 1. The van der Waals surface area contributed by atoms with Gasteiger partial charge in [0, 0.05) is 12.3 Å². The van der Waals surface area contributed by atoms with Crippen molar-refractivity contribution in [1.29, 1.82) is 0 Å². The Labute approximate surface area is 75.2 Å². The maximum Gasteiger partial charge on any atom is 0.307 e. The molecule has 0 bridgehead atoms. The van der Waals surface area contributed by atoms with Crippen molar-refractivity contribution in [3.05, 3.63) is 11.6 Å². The van der Waals surface area contributed by atoms with E-state index in [1.807, 2.05) is 6.92 Å². The van der Waals surface area contributed by atoms with E-state index < -0.39 is 5.97 Å². The lowest BCUT2D eigenvalue weighted by Crippen LogP contribution is -1.99. The molecule has 2 atom stereocenters. The van der Waals surface area contributed by atoms with Crippen molar-refractivity contribution >= 4 is 5.97 Å². The van der Waals surface area contributed by atoms with E-state index in [4.69, 9.17) is 5.11 Å². The summed E-state index contributed by atoms with van der Waals surface area (Å²) in [5, 5.41) is 15.4. The summed E-state index contributed by atoms with van der Waals surface area (Å²) >= 11 is 0. The van der Waals surface area contributed by atoms with Gasteiger partial charge in [-0.15, -0.1) is 0 Å². The first kappa shape index (κ1) is 8.22. The molecule has 0 aliphatic heterocycles. The predicted molar refractivity (Wildman–Crippen MR) is 44.2 cm³/mol. The van der Waals surface area contributed by atoms with Crippen molar-refractivity contribution in [2.75, 3.05) is 0 Å². The predicted octanol–water partition coefficient (Wildman–Crippen LogP) is 0.555. The van der Waals surface area contributed by atoms with Gasteiger partial charge < -0.3 is 5.11 Å². The van der Waals surface area contributed by atoms with E-state index >= 15 is 0 Å². The van der Waals surface area contributed by atoms with Crippen LogP contribution in [-0.4, -0.2) is 26.3 Å². The molecule has 5 nitrogen and oxygen atoms in total. The summed E-state index contributed by atoms with van der Waals surface area (Å²) in [6.07, 6.45) is 1.48. The zero-order chi connectivity index (χ0) is 9.42. The van der Waals surface area contributed by atoms with E-state index in [2.05, 4.69) is 15.2 Å². The molecule has 0 aromatic carbocycles. The van der Waals surface area contributed by atoms with Gasteiger partial charge in [0.05, 0.1) is 5.92 Å². The van der Waals surface area contributed by atoms with Crippen LogP contribution in [0, 0.1) is 5.92 Å². The zero-order valence-electron chi connectivity index (χ0n) is 7.32. The van der Waals surface area contributed by atoms with Gasteiger partial charge in [-0.3, -0.25) is 9.89 Å². The Bertz CT molecular complexity index is 334. The van der Waals surface area contributed by atoms with Gasteiger partial charge in [0.2, 0.25) is 0 Å². The molecule has 1 aromatic rings. The first-order chi connectivity index (χ1) is 6.22. The van der Waals surface area contributed by atoms with Gasteiger partial charge in [0.15, 0.2) is 5.82 Å². The number of nitrogens with zero attached hydrogens (tertiary/aromatic N) is 2. The Morgan fingerprint density at radius 1 is 1.77 bits per heavy atom. The molecular formula is C8H11N3O2. The zero-order valence-corrected chi connectivity index (χ0v) is 7.32. The van der Waals surface area contributed by atoms with Gasteiger partial charge in [0.25, 0.3) is 0 Å². The molecule has 1 saturated carbocycles. The molecule has 1 aliphatic rings. The van der Waals surface area contributed by atoms with Crippen LogP contribution in [0.1, 0.15) is 30.9 Å². The van der Waals surface area contributed by atoms with Crippen LogP contribution in [0.4, 0.5) is 0 Å². The number of aliphatic carboxylic acids is 1. The lowest BCUT2D eigenvalue weighted by molar-refractivity contribution is -0.138. The van der Waals surface area contributed by atoms with Crippen LogP contribution >= 0.6 is 0 Å². The number of aryl methyl sites for hydroxylation is 1. The second-order valence-electron chi connectivity index (χ2n) is 3.28. The standard InChI is InChI=1S/C8H11N3O2/c1-2-6-9-7(11-10-6)4-3-5(4)8(12)13/h4-5H,2-3H2,1H3,(H,12,13)(H,9,10,11). The third-order valence-electron chi connectivity index (χ3n) is 2.32. The third-order valence-corrected chi connectivity index (χ3v) is 2.32. The van der Waals surface area contributed by atoms with E-state index in [0.29, 0.717) is 12.2 Å². The number of hydrogen-bond acceptors (Lipinski definition) is 3. The van der Waals surface area contributed by atoms with E-state index in [0.717, 1.165) is 12.2 Å². The monoisotopic (exact) mass is 181 g/mol. The van der Waals surface area contributed by atoms with Gasteiger partial charge in [-0.25, -0.2) is 4.98 Å². The number of carboxylic acids is 1. The first-order valence-corrected chi connectivity index (χ1v) is 4.36. The smallest absolute Gasteiger partial charge is 0.307 e. The Hall–Kier alpha value is -1.39. The molecule has 1 aliphatic carbocycles. The molecule has 0 radical (unpaired) electrons. The Balaban J connectivity index is 2.07. The van der Waals surface area contributed by atoms with Crippen LogP contribution in [-0.2, 0) is 11.2 Å². The summed E-state index contributed by atoms with van der Waals surface area (Å²) in [5.74, 6) is 0.512. The summed E-state index contributed by atoms with van der Waals surface area (Å²) in [4.78, 5) is 14.7. The van der Waals surface area contributed by atoms with Crippen molar-refractivity contribution in [2.45, 2.75) is 25.7 Å². The molecule has 13 heavy (non-hydrogen) atoms. The van der Waals surface area contributed by atoms with E-state index in [9.17, 15) is 4.79 Å². The molecule has 1 heterocycles. The SMILES string of the molecule is CCc1nc(C2CC2C(=O)O)n[nH]1. The van der Waals surface area contributed by atoms with E-state index in [1.165, 1.54) is 0 Å². The van der Waals surface area contributed by atoms with Gasteiger partial charge in [-0.1, -0.05) is 6.92 Å². The molecule has 0 spiro atoms. The molecule has 0 saturated heterocycles.